The van der Waals surface area contributed by atoms with Crippen molar-refractivity contribution in [3.8, 4) is 0 Å². The molecule has 5 heteroatoms. The molecular weight excluding hydrogens is 333 g/mol. The predicted molar refractivity (Wildman–Crippen MR) is 86.7 cm³/mol. The number of nitrogens with one attached hydrogen (secondary N) is 1. The van der Waals surface area contributed by atoms with Crippen molar-refractivity contribution in [2.24, 2.45) is 5.73 Å². The number of amidine groups is 1. The molecule has 0 atom stereocenters. The maximum atomic E-state index is 13.3. The number of rotatable bonds is 5. The Labute approximate surface area is 132 Å². The van der Waals surface area contributed by atoms with Gasteiger partial charge in [0.05, 0.1) is 0 Å². The molecule has 0 aromatic heterocycles. The monoisotopic (exact) mass is 349 g/mol. The number of hydrogen-bond donors (Lipinski definition) is 2. The zero-order valence-corrected chi connectivity index (χ0v) is 13.3. The Kier molecular flexibility index (Phi) is 5.09. The lowest BCUT2D eigenvalue weighted by molar-refractivity contribution is 0.318. The van der Waals surface area contributed by atoms with Crippen LogP contribution in [0.15, 0.2) is 46.9 Å². The van der Waals surface area contributed by atoms with E-state index in [0.717, 1.165) is 16.6 Å². The van der Waals surface area contributed by atoms with Gasteiger partial charge in [0, 0.05) is 23.1 Å². The molecule has 0 spiro atoms. The molecule has 0 radical (unpaired) electrons. The Morgan fingerprint density at radius 3 is 2.67 bits per heavy atom. The average molecular weight is 350 g/mol. The van der Waals surface area contributed by atoms with Gasteiger partial charge in [0.15, 0.2) is 0 Å². The molecule has 3 N–H and O–H groups in total. The van der Waals surface area contributed by atoms with Crippen LogP contribution in [0.3, 0.4) is 0 Å². The fraction of sp³-hybridized carbons (Fsp3) is 0.188. The lowest BCUT2D eigenvalue weighted by Gasteiger charge is -2.19. The lowest BCUT2D eigenvalue weighted by atomic mass is 10.1. The van der Waals surface area contributed by atoms with E-state index in [-0.39, 0.29) is 11.7 Å². The van der Waals surface area contributed by atoms with Crippen molar-refractivity contribution in [3.63, 3.8) is 0 Å². The summed E-state index contributed by atoms with van der Waals surface area (Å²) < 4.78 is 14.3. The number of nitrogens with two attached hydrogens (primary N) is 1. The molecule has 2 aromatic carbocycles. The van der Waals surface area contributed by atoms with Crippen molar-refractivity contribution >= 4 is 21.8 Å². The molecule has 0 bridgehead atoms. The van der Waals surface area contributed by atoms with Gasteiger partial charge < -0.3 is 5.73 Å². The summed E-state index contributed by atoms with van der Waals surface area (Å²) in [6.07, 6.45) is 0. The topological polar surface area (TPSA) is 53.1 Å². The fourth-order valence-electron chi connectivity index (χ4n) is 2.23. The number of nitrogen functional groups attached to an aromatic ring is 1. The molecular formula is C16H17BrFN3. The number of hydrogen-bond acceptors (Lipinski definition) is 2. The summed E-state index contributed by atoms with van der Waals surface area (Å²) >= 11 is 3.45. The first kappa shape index (κ1) is 15.7. The Morgan fingerprint density at radius 2 is 2.00 bits per heavy atom. The van der Waals surface area contributed by atoms with Crippen molar-refractivity contribution in [3.05, 3.63) is 69.4 Å². The van der Waals surface area contributed by atoms with Crippen LogP contribution in [0.1, 0.15) is 16.7 Å². The predicted octanol–water partition coefficient (Wildman–Crippen LogP) is 3.50. The highest BCUT2D eigenvalue weighted by Gasteiger charge is 2.10. The van der Waals surface area contributed by atoms with Crippen LogP contribution in [-0.4, -0.2) is 17.8 Å². The van der Waals surface area contributed by atoms with Gasteiger partial charge in [-0.15, -0.1) is 0 Å². The highest BCUT2D eigenvalue weighted by Crippen LogP contribution is 2.16. The molecule has 0 aliphatic carbocycles. The van der Waals surface area contributed by atoms with Crippen LogP contribution in [0.25, 0.3) is 0 Å². The summed E-state index contributed by atoms with van der Waals surface area (Å²) in [6.45, 7) is 1.36. The Hall–Kier alpha value is -1.72. The molecule has 2 aromatic rings. The van der Waals surface area contributed by atoms with E-state index in [0.29, 0.717) is 12.1 Å². The summed E-state index contributed by atoms with van der Waals surface area (Å²) in [5, 5.41) is 7.55. The third-order valence-electron chi connectivity index (χ3n) is 3.14. The first-order valence-corrected chi connectivity index (χ1v) is 7.31. The number of benzene rings is 2. The molecule has 0 saturated carbocycles. The molecule has 3 nitrogen and oxygen atoms in total. The molecule has 0 heterocycles. The zero-order valence-electron chi connectivity index (χ0n) is 11.7. The molecule has 0 saturated heterocycles. The SMILES string of the molecule is CN(Cc1cccc(Br)c1)Cc1ccc(F)cc1C(=N)N. The molecule has 110 valence electrons. The van der Waals surface area contributed by atoms with Crippen molar-refractivity contribution < 1.29 is 4.39 Å². The lowest BCUT2D eigenvalue weighted by Crippen LogP contribution is -2.21. The van der Waals surface area contributed by atoms with Gasteiger partial charge >= 0.3 is 0 Å². The second-order valence-electron chi connectivity index (χ2n) is 5.02. The summed E-state index contributed by atoms with van der Waals surface area (Å²) in [5.74, 6) is -0.487. The largest absolute Gasteiger partial charge is 0.384 e. The maximum Gasteiger partial charge on any atom is 0.123 e. The van der Waals surface area contributed by atoms with Crippen LogP contribution >= 0.6 is 15.9 Å². The summed E-state index contributed by atoms with van der Waals surface area (Å²) in [4.78, 5) is 2.10. The van der Waals surface area contributed by atoms with E-state index in [4.69, 9.17) is 11.1 Å². The van der Waals surface area contributed by atoms with E-state index in [2.05, 4.69) is 33.0 Å². The van der Waals surface area contributed by atoms with Crippen LogP contribution in [0.2, 0.25) is 0 Å². The Morgan fingerprint density at radius 1 is 1.24 bits per heavy atom. The first-order chi connectivity index (χ1) is 9.95. The van der Waals surface area contributed by atoms with Crippen LogP contribution in [0.5, 0.6) is 0 Å². The van der Waals surface area contributed by atoms with Gasteiger partial charge in [-0.1, -0.05) is 34.1 Å². The third-order valence-corrected chi connectivity index (χ3v) is 3.64. The second-order valence-corrected chi connectivity index (χ2v) is 5.93. The minimum atomic E-state index is -0.376. The molecule has 0 amide bonds. The number of nitrogens with zero attached hydrogens (tertiary/aromatic N) is 1. The van der Waals surface area contributed by atoms with Gasteiger partial charge in [0.2, 0.25) is 0 Å². The van der Waals surface area contributed by atoms with Crippen LogP contribution in [0, 0.1) is 11.2 Å². The second kappa shape index (κ2) is 6.83. The summed E-state index contributed by atoms with van der Waals surface area (Å²) in [6, 6.07) is 12.5. The zero-order chi connectivity index (χ0) is 15.4. The van der Waals surface area contributed by atoms with Gasteiger partial charge in [-0.05, 0) is 42.4 Å². The molecule has 0 aliphatic rings. The van der Waals surface area contributed by atoms with Crippen molar-refractivity contribution in [2.45, 2.75) is 13.1 Å². The van der Waals surface area contributed by atoms with Gasteiger partial charge in [0.1, 0.15) is 11.7 Å². The first-order valence-electron chi connectivity index (χ1n) is 6.51. The van der Waals surface area contributed by atoms with Crippen molar-refractivity contribution in [2.75, 3.05) is 7.05 Å². The molecule has 0 unspecified atom stereocenters. The Balaban J connectivity index is 2.12. The average Bonchev–Trinajstić information content (AvgIpc) is 2.40. The minimum absolute atomic E-state index is 0.111. The van der Waals surface area contributed by atoms with Gasteiger partial charge in [-0.25, -0.2) is 4.39 Å². The van der Waals surface area contributed by atoms with Crippen LogP contribution in [0.4, 0.5) is 4.39 Å². The van der Waals surface area contributed by atoms with E-state index in [1.165, 1.54) is 17.7 Å². The number of halogens is 2. The quantitative estimate of drug-likeness (QED) is 0.641. The standard InChI is InChI=1S/C16H17BrFN3/c1-21(9-11-3-2-4-13(17)7-11)10-12-5-6-14(18)8-15(12)16(19)20/h2-8H,9-10H2,1H3,(H3,19,20). The summed E-state index contributed by atoms with van der Waals surface area (Å²) in [5.41, 5.74) is 8.01. The Bertz CT molecular complexity index is 658. The molecule has 0 aliphatic heterocycles. The van der Waals surface area contributed by atoms with Gasteiger partial charge in [0.25, 0.3) is 0 Å². The smallest absolute Gasteiger partial charge is 0.123 e. The van der Waals surface area contributed by atoms with Crippen LogP contribution in [-0.2, 0) is 13.1 Å². The highest BCUT2D eigenvalue weighted by molar-refractivity contribution is 9.10. The maximum absolute atomic E-state index is 13.3. The van der Waals surface area contributed by atoms with E-state index < -0.39 is 0 Å². The normalized spacial score (nSPS) is 10.9. The van der Waals surface area contributed by atoms with Gasteiger partial charge in [-0.2, -0.15) is 0 Å². The molecule has 2 rings (SSSR count). The van der Waals surface area contributed by atoms with E-state index >= 15 is 0 Å². The van der Waals surface area contributed by atoms with Crippen molar-refractivity contribution in [1.82, 2.24) is 4.90 Å². The van der Waals surface area contributed by atoms with Crippen LogP contribution < -0.4 is 5.73 Å². The molecule has 21 heavy (non-hydrogen) atoms. The van der Waals surface area contributed by atoms with Gasteiger partial charge in [-0.3, -0.25) is 10.3 Å². The highest BCUT2D eigenvalue weighted by atomic mass is 79.9. The minimum Gasteiger partial charge on any atom is -0.384 e. The summed E-state index contributed by atoms with van der Waals surface area (Å²) in [7, 11) is 1.98. The van der Waals surface area contributed by atoms with E-state index in [9.17, 15) is 4.39 Å². The molecule has 0 fully saturated rings. The fourth-order valence-corrected chi connectivity index (χ4v) is 2.68. The third kappa shape index (κ3) is 4.37. The van der Waals surface area contributed by atoms with Crippen molar-refractivity contribution in [1.29, 1.82) is 5.41 Å². The van der Waals surface area contributed by atoms with E-state index in [1.807, 2.05) is 19.2 Å². The van der Waals surface area contributed by atoms with E-state index in [1.54, 1.807) is 6.07 Å².